The molecule has 7 heteroatoms. The molecule has 5 nitrogen and oxygen atoms in total. The van der Waals surface area contributed by atoms with E-state index >= 15 is 0 Å². The minimum atomic E-state index is 0. The summed E-state index contributed by atoms with van der Waals surface area (Å²) in [6, 6.07) is 10.1. The number of rotatable bonds is 9. The maximum Gasteiger partial charge on any atom is 0.232 e. The lowest BCUT2D eigenvalue weighted by Gasteiger charge is -2.26. The third-order valence-corrected chi connectivity index (χ3v) is 5.33. The second-order valence-corrected chi connectivity index (χ2v) is 7.32. The summed E-state index contributed by atoms with van der Waals surface area (Å²) >= 11 is 1.42. The summed E-state index contributed by atoms with van der Waals surface area (Å²) in [6.07, 6.45) is 4.23. The van der Waals surface area contributed by atoms with Gasteiger partial charge in [-0.05, 0) is 31.2 Å². The van der Waals surface area contributed by atoms with Crippen molar-refractivity contribution in [3.63, 3.8) is 0 Å². The monoisotopic (exact) mass is 399 g/mol. The SMILES string of the molecule is Cl.NCCN(CCc1ccccc1)C(=O)CSCC(=O)N1CCCCC1. The standard InChI is InChI=1S/C19H29N3O2S.ClH/c20-10-14-22(13-9-17-7-3-1-4-8-17)19(24)16-25-15-18(23)21-11-5-2-6-12-21;/h1,3-4,7-8H,2,5-6,9-16,20H2;1H. The van der Waals surface area contributed by atoms with Crippen molar-refractivity contribution < 1.29 is 9.59 Å². The summed E-state index contributed by atoms with van der Waals surface area (Å²) in [5.41, 5.74) is 6.86. The highest BCUT2D eigenvalue weighted by molar-refractivity contribution is 8.00. The number of nitrogens with two attached hydrogens (primary N) is 1. The topological polar surface area (TPSA) is 66.6 Å². The van der Waals surface area contributed by atoms with Crippen molar-refractivity contribution in [1.82, 2.24) is 9.80 Å². The van der Waals surface area contributed by atoms with E-state index in [0.29, 0.717) is 31.1 Å². The molecule has 0 saturated carbocycles. The molecule has 0 radical (unpaired) electrons. The van der Waals surface area contributed by atoms with Gasteiger partial charge in [-0.1, -0.05) is 30.3 Å². The molecule has 146 valence electrons. The molecule has 0 unspecified atom stereocenters. The van der Waals surface area contributed by atoms with Gasteiger partial charge in [0.2, 0.25) is 11.8 Å². The first-order valence-electron chi connectivity index (χ1n) is 9.08. The molecule has 0 spiro atoms. The molecule has 1 aliphatic rings. The van der Waals surface area contributed by atoms with E-state index in [1.807, 2.05) is 28.0 Å². The number of likely N-dealkylation sites (tertiary alicyclic amines) is 1. The van der Waals surface area contributed by atoms with Gasteiger partial charge in [0.25, 0.3) is 0 Å². The van der Waals surface area contributed by atoms with Crippen LogP contribution < -0.4 is 5.73 Å². The zero-order chi connectivity index (χ0) is 17.9. The van der Waals surface area contributed by atoms with Gasteiger partial charge in [-0.25, -0.2) is 0 Å². The Kier molecular flexibility index (Phi) is 11.4. The Morgan fingerprint density at radius 3 is 2.38 bits per heavy atom. The highest BCUT2D eigenvalue weighted by Gasteiger charge is 2.18. The van der Waals surface area contributed by atoms with Crippen LogP contribution in [-0.4, -0.2) is 65.8 Å². The maximum absolute atomic E-state index is 12.4. The van der Waals surface area contributed by atoms with Gasteiger partial charge >= 0.3 is 0 Å². The number of nitrogens with zero attached hydrogens (tertiary/aromatic N) is 2. The Hall–Kier alpha value is -1.24. The first-order valence-corrected chi connectivity index (χ1v) is 10.2. The quantitative estimate of drug-likeness (QED) is 0.691. The van der Waals surface area contributed by atoms with Crippen LogP contribution >= 0.6 is 24.2 Å². The molecule has 2 amide bonds. The number of piperidine rings is 1. The predicted molar refractivity (Wildman–Crippen MR) is 111 cm³/mol. The molecule has 1 aromatic rings. The van der Waals surface area contributed by atoms with Crippen molar-refractivity contribution in [3.05, 3.63) is 35.9 Å². The molecule has 1 aromatic carbocycles. The predicted octanol–water partition coefficient (Wildman–Crippen LogP) is 2.18. The number of thioether (sulfide) groups is 1. The number of hydrogen-bond donors (Lipinski definition) is 1. The van der Waals surface area contributed by atoms with E-state index in [2.05, 4.69) is 12.1 Å². The van der Waals surface area contributed by atoms with Crippen LogP contribution in [0.5, 0.6) is 0 Å². The number of carbonyl (C=O) groups excluding carboxylic acids is 2. The number of hydrogen-bond acceptors (Lipinski definition) is 4. The average Bonchev–Trinajstić information content (AvgIpc) is 2.66. The van der Waals surface area contributed by atoms with Gasteiger partial charge in [0.15, 0.2) is 0 Å². The van der Waals surface area contributed by atoms with Gasteiger partial charge in [-0.3, -0.25) is 9.59 Å². The van der Waals surface area contributed by atoms with Crippen molar-refractivity contribution in [2.45, 2.75) is 25.7 Å². The Bertz CT molecular complexity index is 539. The fourth-order valence-electron chi connectivity index (χ4n) is 2.98. The van der Waals surface area contributed by atoms with Crippen molar-refractivity contribution in [1.29, 1.82) is 0 Å². The maximum atomic E-state index is 12.4. The fourth-order valence-corrected chi connectivity index (χ4v) is 3.79. The van der Waals surface area contributed by atoms with Crippen molar-refractivity contribution in [2.75, 3.05) is 44.2 Å². The van der Waals surface area contributed by atoms with Gasteiger partial charge in [0.05, 0.1) is 11.5 Å². The Labute approximate surface area is 167 Å². The van der Waals surface area contributed by atoms with Gasteiger partial charge in [-0.2, -0.15) is 0 Å². The summed E-state index contributed by atoms with van der Waals surface area (Å²) in [6.45, 7) is 3.41. The highest BCUT2D eigenvalue weighted by Crippen LogP contribution is 2.12. The van der Waals surface area contributed by atoms with Crippen LogP contribution in [0.15, 0.2) is 30.3 Å². The minimum absolute atomic E-state index is 0. The van der Waals surface area contributed by atoms with Crippen LogP contribution in [0.25, 0.3) is 0 Å². The Morgan fingerprint density at radius 2 is 1.73 bits per heavy atom. The Balaban J connectivity index is 0.00000338. The second kappa shape index (κ2) is 13.0. The van der Waals surface area contributed by atoms with Gasteiger partial charge in [-0.15, -0.1) is 24.2 Å². The summed E-state index contributed by atoms with van der Waals surface area (Å²) in [5, 5.41) is 0. The van der Waals surface area contributed by atoms with Crippen LogP contribution in [0, 0.1) is 0 Å². The lowest BCUT2D eigenvalue weighted by molar-refractivity contribution is -0.129. The summed E-state index contributed by atoms with van der Waals surface area (Å²) < 4.78 is 0. The first kappa shape index (κ1) is 22.8. The third-order valence-electron chi connectivity index (χ3n) is 4.42. The van der Waals surface area contributed by atoms with E-state index in [0.717, 1.165) is 32.4 Å². The molecule has 0 aliphatic carbocycles. The second-order valence-electron chi connectivity index (χ2n) is 6.34. The molecule has 1 fully saturated rings. The Morgan fingerprint density at radius 1 is 1.04 bits per heavy atom. The molecule has 1 saturated heterocycles. The van der Waals surface area contributed by atoms with Crippen LogP contribution in [0.3, 0.4) is 0 Å². The van der Waals surface area contributed by atoms with E-state index in [-0.39, 0.29) is 24.2 Å². The number of benzene rings is 1. The van der Waals surface area contributed by atoms with Gasteiger partial charge < -0.3 is 15.5 Å². The fraction of sp³-hybridized carbons (Fsp3) is 0.579. The van der Waals surface area contributed by atoms with Gasteiger partial charge in [0, 0.05) is 32.7 Å². The minimum Gasteiger partial charge on any atom is -0.342 e. The lowest BCUT2D eigenvalue weighted by atomic mass is 10.1. The molecule has 2 N–H and O–H groups in total. The molecule has 1 aliphatic heterocycles. The van der Waals surface area contributed by atoms with Gasteiger partial charge in [0.1, 0.15) is 0 Å². The van der Waals surface area contributed by atoms with E-state index in [4.69, 9.17) is 5.73 Å². The van der Waals surface area contributed by atoms with E-state index in [1.54, 1.807) is 0 Å². The molecule has 0 atom stereocenters. The summed E-state index contributed by atoms with van der Waals surface area (Å²) in [7, 11) is 0. The molecule has 26 heavy (non-hydrogen) atoms. The van der Waals surface area contributed by atoms with Crippen molar-refractivity contribution in [3.8, 4) is 0 Å². The number of amides is 2. The van der Waals surface area contributed by atoms with E-state index in [1.165, 1.54) is 23.7 Å². The highest BCUT2D eigenvalue weighted by atomic mass is 35.5. The van der Waals surface area contributed by atoms with Crippen LogP contribution in [-0.2, 0) is 16.0 Å². The normalized spacial score (nSPS) is 13.8. The third kappa shape index (κ3) is 7.98. The number of halogens is 1. The zero-order valence-corrected chi connectivity index (χ0v) is 16.9. The zero-order valence-electron chi connectivity index (χ0n) is 15.3. The largest absolute Gasteiger partial charge is 0.342 e. The molecule has 0 bridgehead atoms. The molecule has 1 heterocycles. The van der Waals surface area contributed by atoms with E-state index in [9.17, 15) is 9.59 Å². The van der Waals surface area contributed by atoms with Crippen LogP contribution in [0.4, 0.5) is 0 Å². The van der Waals surface area contributed by atoms with Crippen LogP contribution in [0.1, 0.15) is 24.8 Å². The van der Waals surface area contributed by atoms with Crippen LogP contribution in [0.2, 0.25) is 0 Å². The molecular formula is C19H30ClN3O2S. The van der Waals surface area contributed by atoms with Crippen molar-refractivity contribution >= 4 is 36.0 Å². The summed E-state index contributed by atoms with van der Waals surface area (Å²) in [5.74, 6) is 0.958. The van der Waals surface area contributed by atoms with E-state index < -0.39 is 0 Å². The molecule has 2 rings (SSSR count). The first-order chi connectivity index (χ1) is 12.2. The molecular weight excluding hydrogens is 370 g/mol. The lowest BCUT2D eigenvalue weighted by Crippen LogP contribution is -2.39. The molecule has 0 aromatic heterocycles. The van der Waals surface area contributed by atoms with Crippen molar-refractivity contribution in [2.24, 2.45) is 5.73 Å². The smallest absolute Gasteiger partial charge is 0.232 e. The number of carbonyl (C=O) groups is 2. The summed E-state index contributed by atoms with van der Waals surface area (Å²) in [4.78, 5) is 28.3. The average molecular weight is 400 g/mol.